The second-order valence-corrected chi connectivity index (χ2v) is 11.9. The summed E-state index contributed by atoms with van der Waals surface area (Å²) >= 11 is 0. The van der Waals surface area contributed by atoms with Crippen molar-refractivity contribution in [1.82, 2.24) is 10.2 Å². The number of para-hydroxylation sites is 1. The standard InChI is InChI=1S/C37H45N3O4/c1-7-9-10-18-25-40(35(42)32(26-28-20-12-11-13-21-28)39-36(43)44-37(4,5)6)33(30-23-16-15-22-29(30)8-2)34(41)38-31-24-17-14-19-27(31)3/h2,11-17,19-24,32-33H,7,9-10,18,25-26H2,1,3-6H3,(H,38,41)(H,39,43). The number of terminal acetylenes is 1. The van der Waals surface area contributed by atoms with Gasteiger partial charge < -0.3 is 20.3 Å². The normalized spacial score (nSPS) is 12.4. The van der Waals surface area contributed by atoms with Gasteiger partial charge in [0.2, 0.25) is 5.91 Å². The Hall–Kier alpha value is -4.57. The molecule has 3 rings (SSSR count). The Labute approximate surface area is 262 Å². The molecule has 44 heavy (non-hydrogen) atoms. The van der Waals surface area contributed by atoms with E-state index in [1.165, 1.54) is 0 Å². The Morgan fingerprint density at radius 2 is 1.57 bits per heavy atom. The summed E-state index contributed by atoms with van der Waals surface area (Å²) in [5, 5.41) is 5.86. The molecule has 2 atom stereocenters. The molecule has 0 fully saturated rings. The first-order chi connectivity index (χ1) is 21.0. The molecule has 0 aliphatic rings. The van der Waals surface area contributed by atoms with Crippen molar-refractivity contribution < 1.29 is 19.1 Å². The molecular formula is C37H45N3O4. The van der Waals surface area contributed by atoms with Crippen LogP contribution in [0.15, 0.2) is 78.9 Å². The third-order valence-corrected chi connectivity index (χ3v) is 7.18. The highest BCUT2D eigenvalue weighted by atomic mass is 16.6. The lowest BCUT2D eigenvalue weighted by molar-refractivity contribution is -0.140. The fourth-order valence-corrected chi connectivity index (χ4v) is 5.01. The first-order valence-electron chi connectivity index (χ1n) is 15.3. The van der Waals surface area contributed by atoms with Crippen LogP contribution in [0.1, 0.15) is 81.7 Å². The number of carbonyl (C=O) groups is 3. The maximum atomic E-state index is 14.7. The largest absolute Gasteiger partial charge is 0.444 e. The third kappa shape index (κ3) is 10.0. The molecule has 7 heteroatoms. The fourth-order valence-electron chi connectivity index (χ4n) is 5.01. The van der Waals surface area contributed by atoms with Crippen LogP contribution in [0.5, 0.6) is 0 Å². The highest BCUT2D eigenvalue weighted by Crippen LogP contribution is 2.29. The third-order valence-electron chi connectivity index (χ3n) is 7.18. The molecule has 3 amide bonds. The van der Waals surface area contributed by atoms with Gasteiger partial charge in [-0.3, -0.25) is 9.59 Å². The zero-order chi connectivity index (χ0) is 32.1. The van der Waals surface area contributed by atoms with Crippen molar-refractivity contribution in [2.45, 2.75) is 84.4 Å². The van der Waals surface area contributed by atoms with Crippen LogP contribution >= 0.6 is 0 Å². The minimum Gasteiger partial charge on any atom is -0.444 e. The Morgan fingerprint density at radius 3 is 2.23 bits per heavy atom. The summed E-state index contributed by atoms with van der Waals surface area (Å²) in [4.78, 5) is 43.6. The number of aryl methyl sites for hydroxylation is 1. The van der Waals surface area contributed by atoms with Gasteiger partial charge in [0, 0.05) is 24.2 Å². The highest BCUT2D eigenvalue weighted by Gasteiger charge is 2.37. The predicted octanol–water partition coefficient (Wildman–Crippen LogP) is 7.20. The number of ether oxygens (including phenoxy) is 1. The highest BCUT2D eigenvalue weighted by molar-refractivity contribution is 5.99. The molecule has 0 aromatic heterocycles. The molecule has 0 aliphatic carbocycles. The minimum absolute atomic E-state index is 0.216. The van der Waals surface area contributed by atoms with Crippen LogP contribution in [0.3, 0.4) is 0 Å². The molecule has 2 N–H and O–H groups in total. The Kier molecular flexibility index (Phi) is 12.6. The van der Waals surface area contributed by atoms with E-state index >= 15 is 0 Å². The van der Waals surface area contributed by atoms with Gasteiger partial charge in [-0.05, 0) is 62.9 Å². The molecule has 0 saturated heterocycles. The van der Waals surface area contributed by atoms with Gasteiger partial charge in [-0.25, -0.2) is 4.79 Å². The molecule has 0 bridgehead atoms. The van der Waals surface area contributed by atoms with Crippen LogP contribution in [-0.2, 0) is 20.7 Å². The van der Waals surface area contributed by atoms with Crippen LogP contribution in [0.4, 0.5) is 10.5 Å². The quantitative estimate of drug-likeness (QED) is 0.162. The van der Waals surface area contributed by atoms with E-state index in [0.29, 0.717) is 29.8 Å². The van der Waals surface area contributed by atoms with E-state index in [1.807, 2.05) is 73.7 Å². The number of anilines is 1. The molecule has 0 spiro atoms. The number of rotatable bonds is 13. The van der Waals surface area contributed by atoms with Crippen LogP contribution < -0.4 is 10.6 Å². The first-order valence-corrected chi connectivity index (χ1v) is 15.3. The maximum Gasteiger partial charge on any atom is 0.408 e. The molecule has 0 saturated carbocycles. The number of benzene rings is 3. The van der Waals surface area contributed by atoms with Crippen molar-refractivity contribution in [2.75, 3.05) is 11.9 Å². The monoisotopic (exact) mass is 595 g/mol. The summed E-state index contributed by atoms with van der Waals surface area (Å²) in [6.45, 7) is 9.63. The molecule has 2 unspecified atom stereocenters. The second-order valence-electron chi connectivity index (χ2n) is 11.9. The van der Waals surface area contributed by atoms with Crippen molar-refractivity contribution in [3.8, 4) is 12.3 Å². The van der Waals surface area contributed by atoms with Gasteiger partial charge in [-0.2, -0.15) is 0 Å². The van der Waals surface area contributed by atoms with Crippen molar-refractivity contribution in [1.29, 1.82) is 0 Å². The van der Waals surface area contributed by atoms with E-state index in [-0.39, 0.29) is 12.3 Å². The summed E-state index contributed by atoms with van der Waals surface area (Å²) in [6, 6.07) is 22.1. The molecule has 0 heterocycles. The van der Waals surface area contributed by atoms with Crippen molar-refractivity contribution in [3.63, 3.8) is 0 Å². The van der Waals surface area contributed by atoms with Crippen molar-refractivity contribution in [2.24, 2.45) is 0 Å². The maximum absolute atomic E-state index is 14.7. The van der Waals surface area contributed by atoms with E-state index in [1.54, 1.807) is 37.8 Å². The lowest BCUT2D eigenvalue weighted by atomic mass is 9.96. The summed E-state index contributed by atoms with van der Waals surface area (Å²) in [7, 11) is 0. The Balaban J connectivity index is 2.11. The van der Waals surface area contributed by atoms with Gasteiger partial charge in [0.15, 0.2) is 0 Å². The molecule has 3 aromatic rings. The van der Waals surface area contributed by atoms with E-state index < -0.39 is 29.7 Å². The number of amides is 3. The van der Waals surface area contributed by atoms with E-state index in [2.05, 4.69) is 23.5 Å². The lowest BCUT2D eigenvalue weighted by Crippen LogP contribution is -2.53. The number of hydrogen-bond acceptors (Lipinski definition) is 4. The second kappa shape index (κ2) is 16.3. The van der Waals surface area contributed by atoms with Crippen LogP contribution in [0.2, 0.25) is 0 Å². The number of carbonyl (C=O) groups excluding carboxylic acids is 3. The number of nitrogens with one attached hydrogen (secondary N) is 2. The smallest absolute Gasteiger partial charge is 0.408 e. The summed E-state index contributed by atoms with van der Waals surface area (Å²) in [6.07, 6.45) is 8.99. The number of alkyl carbamates (subject to hydrolysis) is 1. The summed E-state index contributed by atoms with van der Waals surface area (Å²) in [5.74, 6) is 1.91. The van der Waals surface area contributed by atoms with Crippen LogP contribution in [0.25, 0.3) is 0 Å². The number of hydrogen-bond donors (Lipinski definition) is 2. The predicted molar refractivity (Wildman–Crippen MR) is 176 cm³/mol. The SMILES string of the molecule is C#Cc1ccccc1C(C(=O)Nc1ccccc1C)N(CCCCCC)C(=O)C(Cc1ccccc1)NC(=O)OC(C)(C)C. The Morgan fingerprint density at radius 1 is 0.909 bits per heavy atom. The molecular weight excluding hydrogens is 550 g/mol. The zero-order valence-corrected chi connectivity index (χ0v) is 26.6. The molecule has 0 aliphatic heterocycles. The van der Waals surface area contributed by atoms with Gasteiger partial charge in [-0.1, -0.05) is 98.8 Å². The molecule has 0 radical (unpaired) electrons. The van der Waals surface area contributed by atoms with Gasteiger partial charge in [0.05, 0.1) is 0 Å². The van der Waals surface area contributed by atoms with Crippen LogP contribution in [0, 0.1) is 19.3 Å². The Bertz CT molecular complexity index is 1440. The topological polar surface area (TPSA) is 87.7 Å². The average Bonchev–Trinajstić information content (AvgIpc) is 2.99. The van der Waals surface area contributed by atoms with E-state index in [9.17, 15) is 14.4 Å². The number of nitrogens with zero attached hydrogens (tertiary/aromatic N) is 1. The lowest BCUT2D eigenvalue weighted by Gasteiger charge is -2.35. The van der Waals surface area contributed by atoms with E-state index in [4.69, 9.17) is 11.2 Å². The van der Waals surface area contributed by atoms with Gasteiger partial charge in [-0.15, -0.1) is 6.42 Å². The van der Waals surface area contributed by atoms with Crippen molar-refractivity contribution >= 4 is 23.6 Å². The first kappa shape index (κ1) is 33.9. The van der Waals surface area contributed by atoms with Crippen LogP contribution in [-0.4, -0.2) is 41.0 Å². The van der Waals surface area contributed by atoms with Gasteiger partial charge in [0.1, 0.15) is 17.7 Å². The van der Waals surface area contributed by atoms with Gasteiger partial charge in [0.25, 0.3) is 5.91 Å². The summed E-state index contributed by atoms with van der Waals surface area (Å²) < 4.78 is 5.54. The van der Waals surface area contributed by atoms with E-state index in [0.717, 1.165) is 30.4 Å². The summed E-state index contributed by atoms with van der Waals surface area (Å²) in [5.41, 5.74) is 2.69. The zero-order valence-electron chi connectivity index (χ0n) is 26.6. The molecule has 7 nitrogen and oxygen atoms in total. The van der Waals surface area contributed by atoms with Crippen molar-refractivity contribution in [3.05, 3.63) is 101 Å². The average molecular weight is 596 g/mol. The molecule has 232 valence electrons. The fraction of sp³-hybridized carbons (Fsp3) is 0.378. The minimum atomic E-state index is -1.05. The van der Waals surface area contributed by atoms with Gasteiger partial charge >= 0.3 is 6.09 Å². The molecule has 3 aromatic carbocycles. The number of unbranched alkanes of at least 4 members (excludes halogenated alkanes) is 3.